The molecule has 2 aromatic carbocycles. The van der Waals surface area contributed by atoms with Crippen molar-refractivity contribution in [3.05, 3.63) is 89.2 Å². The van der Waals surface area contributed by atoms with Crippen LogP contribution in [-0.4, -0.2) is 26.1 Å². The van der Waals surface area contributed by atoms with Gasteiger partial charge >= 0.3 is 0 Å². The zero-order valence-corrected chi connectivity index (χ0v) is 17.7. The molecule has 3 N–H and O–H groups in total. The predicted molar refractivity (Wildman–Crippen MR) is 121 cm³/mol. The molecule has 1 amide bonds. The van der Waals surface area contributed by atoms with Crippen molar-refractivity contribution < 1.29 is 4.79 Å². The summed E-state index contributed by atoms with van der Waals surface area (Å²) in [6.07, 6.45) is 0. The van der Waals surface area contributed by atoms with E-state index in [-0.39, 0.29) is 11.9 Å². The van der Waals surface area contributed by atoms with Crippen molar-refractivity contribution in [2.75, 3.05) is 5.32 Å². The van der Waals surface area contributed by atoms with E-state index in [1.54, 1.807) is 12.1 Å². The number of amides is 1. The number of carbonyl (C=O) groups is 1. The number of benzene rings is 2. The van der Waals surface area contributed by atoms with Crippen LogP contribution in [0.5, 0.6) is 0 Å². The van der Waals surface area contributed by atoms with Gasteiger partial charge in [-0.2, -0.15) is 5.10 Å². The molecule has 4 aromatic rings. The molecular weight excluding hydrogens is 388 g/mol. The number of aromatic amines is 1. The summed E-state index contributed by atoms with van der Waals surface area (Å²) in [6.45, 7) is 5.82. The Labute approximate surface area is 181 Å². The standard InChI is InChI=1S/C24H24N6O/c1-15-13-21(27-22-14-16(2)29-30-22)28-23(25-15)19-9-11-20(12-10-19)24(31)26-17(3)18-7-5-4-6-8-18/h4-14,17H,1-3H3,(H,26,31)(H2,25,27,28,29,30)/t17-/m1/s1. The van der Waals surface area contributed by atoms with Gasteiger partial charge in [-0.1, -0.05) is 42.5 Å². The lowest BCUT2D eigenvalue weighted by molar-refractivity contribution is 0.0940. The van der Waals surface area contributed by atoms with Crippen LogP contribution in [0.15, 0.2) is 66.7 Å². The van der Waals surface area contributed by atoms with E-state index in [9.17, 15) is 4.79 Å². The largest absolute Gasteiger partial charge is 0.346 e. The second-order valence-corrected chi connectivity index (χ2v) is 7.46. The fourth-order valence-electron chi connectivity index (χ4n) is 3.25. The van der Waals surface area contributed by atoms with Gasteiger partial charge in [0.2, 0.25) is 0 Å². The van der Waals surface area contributed by atoms with Crippen molar-refractivity contribution in [3.63, 3.8) is 0 Å². The van der Waals surface area contributed by atoms with Crippen LogP contribution in [0, 0.1) is 13.8 Å². The summed E-state index contributed by atoms with van der Waals surface area (Å²) >= 11 is 0. The topological polar surface area (TPSA) is 95.6 Å². The lowest BCUT2D eigenvalue weighted by Crippen LogP contribution is -2.26. The maximum absolute atomic E-state index is 12.6. The number of aryl methyl sites for hydroxylation is 2. The molecule has 4 rings (SSSR count). The Morgan fingerprint density at radius 3 is 2.35 bits per heavy atom. The minimum absolute atomic E-state index is 0.0761. The average molecular weight is 412 g/mol. The molecule has 0 aliphatic rings. The van der Waals surface area contributed by atoms with E-state index in [0.717, 1.165) is 22.5 Å². The minimum atomic E-state index is -0.121. The molecule has 0 spiro atoms. The minimum Gasteiger partial charge on any atom is -0.346 e. The maximum atomic E-state index is 12.6. The normalized spacial score (nSPS) is 11.7. The molecule has 0 fully saturated rings. The number of nitrogens with one attached hydrogen (secondary N) is 3. The molecule has 0 radical (unpaired) electrons. The second kappa shape index (κ2) is 8.79. The summed E-state index contributed by atoms with van der Waals surface area (Å²) in [5, 5.41) is 13.3. The Morgan fingerprint density at radius 1 is 0.935 bits per heavy atom. The van der Waals surface area contributed by atoms with E-state index in [4.69, 9.17) is 0 Å². The van der Waals surface area contributed by atoms with Crippen LogP contribution in [-0.2, 0) is 0 Å². The van der Waals surface area contributed by atoms with Crippen molar-refractivity contribution in [2.24, 2.45) is 0 Å². The highest BCUT2D eigenvalue weighted by atomic mass is 16.1. The van der Waals surface area contributed by atoms with Gasteiger partial charge in [0.05, 0.1) is 6.04 Å². The van der Waals surface area contributed by atoms with Crippen molar-refractivity contribution >= 4 is 17.5 Å². The SMILES string of the molecule is Cc1cc(Nc2cc(C)[nH]n2)nc(-c2ccc(C(=O)N[C@H](C)c3ccccc3)cc2)n1. The van der Waals surface area contributed by atoms with Gasteiger partial charge in [0.15, 0.2) is 11.6 Å². The van der Waals surface area contributed by atoms with Crippen LogP contribution >= 0.6 is 0 Å². The van der Waals surface area contributed by atoms with Crippen molar-refractivity contribution in [1.29, 1.82) is 0 Å². The molecule has 31 heavy (non-hydrogen) atoms. The van der Waals surface area contributed by atoms with Gasteiger partial charge in [-0.3, -0.25) is 9.89 Å². The fraction of sp³-hybridized carbons (Fsp3) is 0.167. The molecule has 156 valence electrons. The molecule has 0 aliphatic carbocycles. The van der Waals surface area contributed by atoms with Crippen LogP contribution in [0.4, 0.5) is 11.6 Å². The number of carbonyl (C=O) groups excluding carboxylic acids is 1. The summed E-state index contributed by atoms with van der Waals surface area (Å²) in [5.41, 5.74) is 4.28. The third-order valence-electron chi connectivity index (χ3n) is 4.87. The van der Waals surface area contributed by atoms with Crippen molar-refractivity contribution in [3.8, 4) is 11.4 Å². The van der Waals surface area contributed by atoms with E-state index in [2.05, 4.69) is 30.8 Å². The quantitative estimate of drug-likeness (QED) is 0.426. The smallest absolute Gasteiger partial charge is 0.251 e. The summed E-state index contributed by atoms with van der Waals surface area (Å²) < 4.78 is 0. The first-order valence-corrected chi connectivity index (χ1v) is 10.1. The van der Waals surface area contributed by atoms with E-state index in [1.165, 1.54) is 0 Å². The fourth-order valence-corrected chi connectivity index (χ4v) is 3.25. The van der Waals surface area contributed by atoms with E-state index in [1.807, 2.05) is 75.4 Å². The Balaban J connectivity index is 1.49. The average Bonchev–Trinajstić information content (AvgIpc) is 3.18. The van der Waals surface area contributed by atoms with Crippen LogP contribution < -0.4 is 10.6 Å². The molecule has 0 saturated carbocycles. The molecule has 0 saturated heterocycles. The van der Waals surface area contributed by atoms with E-state index < -0.39 is 0 Å². The Morgan fingerprint density at radius 2 is 1.68 bits per heavy atom. The van der Waals surface area contributed by atoms with Gasteiger partial charge in [0.25, 0.3) is 5.91 Å². The first-order valence-electron chi connectivity index (χ1n) is 10.1. The van der Waals surface area contributed by atoms with E-state index >= 15 is 0 Å². The number of anilines is 2. The molecule has 7 heteroatoms. The third kappa shape index (κ3) is 4.95. The van der Waals surface area contributed by atoms with Gasteiger partial charge in [0.1, 0.15) is 5.82 Å². The van der Waals surface area contributed by atoms with Crippen LogP contribution in [0.2, 0.25) is 0 Å². The first kappa shape index (κ1) is 20.3. The molecule has 1 atom stereocenters. The lowest BCUT2D eigenvalue weighted by atomic mass is 10.1. The molecule has 0 aliphatic heterocycles. The summed E-state index contributed by atoms with van der Waals surface area (Å²) in [4.78, 5) is 21.8. The summed E-state index contributed by atoms with van der Waals surface area (Å²) in [6, 6.07) is 20.9. The Bertz CT molecular complexity index is 1180. The van der Waals surface area contributed by atoms with Gasteiger partial charge in [0, 0.05) is 34.6 Å². The van der Waals surface area contributed by atoms with Crippen LogP contribution in [0.1, 0.15) is 40.3 Å². The zero-order chi connectivity index (χ0) is 21.8. The van der Waals surface area contributed by atoms with Gasteiger partial charge < -0.3 is 10.6 Å². The molecule has 0 bridgehead atoms. The highest BCUT2D eigenvalue weighted by Crippen LogP contribution is 2.21. The number of hydrogen-bond acceptors (Lipinski definition) is 5. The van der Waals surface area contributed by atoms with Crippen LogP contribution in [0.25, 0.3) is 11.4 Å². The zero-order valence-electron chi connectivity index (χ0n) is 17.7. The number of rotatable bonds is 6. The maximum Gasteiger partial charge on any atom is 0.251 e. The highest BCUT2D eigenvalue weighted by molar-refractivity contribution is 5.94. The Kier molecular flexibility index (Phi) is 5.75. The monoisotopic (exact) mass is 412 g/mol. The number of nitrogens with zero attached hydrogens (tertiary/aromatic N) is 3. The van der Waals surface area contributed by atoms with Gasteiger partial charge in [-0.15, -0.1) is 0 Å². The molecule has 2 aromatic heterocycles. The predicted octanol–water partition coefficient (Wildman–Crippen LogP) is 4.72. The molecular formula is C24H24N6O. The number of aromatic nitrogens is 4. The number of H-pyrrole nitrogens is 1. The first-order chi connectivity index (χ1) is 15.0. The molecule has 2 heterocycles. The lowest BCUT2D eigenvalue weighted by Gasteiger charge is -2.14. The summed E-state index contributed by atoms with van der Waals surface area (Å²) in [7, 11) is 0. The Hall–Kier alpha value is -4.00. The number of hydrogen-bond donors (Lipinski definition) is 3. The molecule has 0 unspecified atom stereocenters. The second-order valence-electron chi connectivity index (χ2n) is 7.46. The van der Waals surface area contributed by atoms with Gasteiger partial charge in [-0.05, 0) is 38.5 Å². The van der Waals surface area contributed by atoms with Crippen LogP contribution in [0.3, 0.4) is 0 Å². The highest BCUT2D eigenvalue weighted by Gasteiger charge is 2.12. The van der Waals surface area contributed by atoms with Crippen molar-refractivity contribution in [2.45, 2.75) is 26.8 Å². The van der Waals surface area contributed by atoms with E-state index in [0.29, 0.717) is 23.0 Å². The van der Waals surface area contributed by atoms with Gasteiger partial charge in [-0.25, -0.2) is 9.97 Å². The third-order valence-corrected chi connectivity index (χ3v) is 4.87. The van der Waals surface area contributed by atoms with Crippen molar-refractivity contribution in [1.82, 2.24) is 25.5 Å². The summed E-state index contributed by atoms with van der Waals surface area (Å²) in [5.74, 6) is 1.82. The molecule has 7 nitrogen and oxygen atoms in total.